The van der Waals surface area contributed by atoms with E-state index >= 15 is 8.78 Å². The maximum absolute atomic E-state index is 17.1. The first-order valence-corrected chi connectivity index (χ1v) is 10.8. The van der Waals surface area contributed by atoms with Crippen molar-refractivity contribution in [2.24, 2.45) is 22.2 Å². The number of hydrogen-bond acceptors (Lipinski definition) is 5. The fraction of sp³-hybridized carbons (Fsp3) is 0.739. The first-order chi connectivity index (χ1) is 14.2. The van der Waals surface area contributed by atoms with Gasteiger partial charge in [-0.05, 0) is 49.8 Å². The van der Waals surface area contributed by atoms with Crippen LogP contribution in [-0.4, -0.2) is 61.8 Å². The van der Waals surface area contributed by atoms with Gasteiger partial charge in [0.15, 0.2) is 17.1 Å². The van der Waals surface area contributed by atoms with Crippen LogP contribution in [0.25, 0.3) is 0 Å². The molecule has 8 heteroatoms. The Morgan fingerprint density at radius 2 is 1.71 bits per heavy atom. The van der Waals surface area contributed by atoms with E-state index in [-0.39, 0.29) is 13.4 Å². The second-order valence-corrected chi connectivity index (χ2v) is 9.85. The molecule has 0 radical (unpaired) electrons. The van der Waals surface area contributed by atoms with Gasteiger partial charge in [-0.2, -0.15) is 0 Å². The summed E-state index contributed by atoms with van der Waals surface area (Å²) in [5.74, 6) is -3.03. The van der Waals surface area contributed by atoms with Gasteiger partial charge in [-0.15, -0.1) is 0 Å². The topological polar surface area (TPSA) is 115 Å². The first-order valence-electron chi connectivity index (χ1n) is 10.8. The number of aliphatic carboxylic acids is 1. The lowest BCUT2D eigenvalue weighted by atomic mass is 9.39. The molecule has 4 rings (SSSR count). The van der Waals surface area contributed by atoms with E-state index in [0.29, 0.717) is 0 Å². The zero-order chi connectivity index (χ0) is 23.8. The van der Waals surface area contributed by atoms with Crippen LogP contribution in [0.3, 0.4) is 0 Å². The third-order valence-electron chi connectivity index (χ3n) is 8.76. The Hall–Kier alpha value is -1.64. The molecule has 0 spiro atoms. The standard InChI is InChI=1S/C21H26F2O6.C2H6.H2/c1-17-5-4-10(24)6-11(17)12(22)8-19(3)13-7-14(25)20(29,16(27)28)18(13,2)9-15(26)21(17,19)23;1-2;/h4-6,12-15,25-26,29H,7-9H2,1-3H3,(H,27,28);1-2H3;1H/t12-,13+,14+,15-,17-,18-,19-,20-,21-;;/m0../s1. The van der Waals surface area contributed by atoms with Crippen molar-refractivity contribution in [3.8, 4) is 0 Å². The zero-order valence-electron chi connectivity index (χ0n) is 18.5. The van der Waals surface area contributed by atoms with Crippen molar-refractivity contribution in [2.75, 3.05) is 0 Å². The number of halogens is 2. The average Bonchev–Trinajstić information content (AvgIpc) is 2.91. The lowest BCUT2D eigenvalue weighted by Crippen LogP contribution is -2.74. The number of aliphatic hydroxyl groups is 3. The van der Waals surface area contributed by atoms with Gasteiger partial charge in [-0.3, -0.25) is 4.79 Å². The highest BCUT2D eigenvalue weighted by Crippen LogP contribution is 2.74. The molecular formula is C23H34F2O6. The first kappa shape index (κ1) is 24.0. The van der Waals surface area contributed by atoms with Crippen LogP contribution in [0.15, 0.2) is 23.8 Å². The normalized spacial score (nSPS) is 52.8. The van der Waals surface area contributed by atoms with Crippen LogP contribution in [0, 0.1) is 22.2 Å². The maximum atomic E-state index is 17.1. The van der Waals surface area contributed by atoms with E-state index in [1.165, 1.54) is 26.8 Å². The quantitative estimate of drug-likeness (QED) is 0.494. The van der Waals surface area contributed by atoms with Gasteiger partial charge in [0.1, 0.15) is 6.17 Å². The number of rotatable bonds is 1. The molecule has 0 amide bonds. The molecule has 0 aromatic heterocycles. The predicted octanol–water partition coefficient (Wildman–Crippen LogP) is 2.75. The molecule has 0 unspecified atom stereocenters. The van der Waals surface area contributed by atoms with Crippen molar-refractivity contribution >= 4 is 11.8 Å². The number of carboxylic acids is 1. The molecule has 4 aliphatic rings. The van der Waals surface area contributed by atoms with Crippen LogP contribution in [0.4, 0.5) is 8.78 Å². The van der Waals surface area contributed by atoms with E-state index in [1.807, 2.05) is 13.8 Å². The largest absolute Gasteiger partial charge is 0.479 e. The van der Waals surface area contributed by atoms with Crippen LogP contribution in [-0.2, 0) is 9.59 Å². The summed E-state index contributed by atoms with van der Waals surface area (Å²) < 4.78 is 32.4. The Labute approximate surface area is 182 Å². The molecule has 31 heavy (non-hydrogen) atoms. The number of ketones is 1. The highest BCUT2D eigenvalue weighted by molar-refractivity contribution is 6.01. The van der Waals surface area contributed by atoms with Crippen LogP contribution >= 0.6 is 0 Å². The number of carboxylic acid groups (broad SMARTS) is 1. The fourth-order valence-corrected chi connectivity index (χ4v) is 7.28. The van der Waals surface area contributed by atoms with E-state index in [9.17, 15) is 30.0 Å². The second-order valence-electron chi connectivity index (χ2n) is 9.85. The molecular weight excluding hydrogens is 410 g/mol. The van der Waals surface area contributed by atoms with Gasteiger partial charge in [0.25, 0.3) is 0 Å². The highest BCUT2D eigenvalue weighted by atomic mass is 19.1. The third-order valence-corrected chi connectivity index (χ3v) is 8.76. The summed E-state index contributed by atoms with van der Waals surface area (Å²) in [4.78, 5) is 23.7. The Morgan fingerprint density at radius 1 is 1.13 bits per heavy atom. The van der Waals surface area contributed by atoms with Gasteiger partial charge in [0.2, 0.25) is 0 Å². The Kier molecular flexibility index (Phi) is 5.37. The molecule has 0 aliphatic heterocycles. The molecule has 9 atom stereocenters. The van der Waals surface area contributed by atoms with Gasteiger partial charge in [0.05, 0.1) is 12.2 Å². The van der Waals surface area contributed by atoms with Gasteiger partial charge in [-0.25, -0.2) is 13.6 Å². The van der Waals surface area contributed by atoms with E-state index in [4.69, 9.17) is 0 Å². The van der Waals surface area contributed by atoms with Gasteiger partial charge in [0, 0.05) is 17.7 Å². The highest BCUT2D eigenvalue weighted by Gasteiger charge is 2.81. The number of allylic oxidation sites excluding steroid dienone is 4. The predicted molar refractivity (Wildman–Crippen MR) is 111 cm³/mol. The van der Waals surface area contributed by atoms with Crippen LogP contribution in [0.2, 0.25) is 0 Å². The second kappa shape index (κ2) is 6.93. The van der Waals surface area contributed by atoms with Crippen molar-refractivity contribution in [3.63, 3.8) is 0 Å². The number of carbonyl (C=O) groups excluding carboxylic acids is 1. The summed E-state index contributed by atoms with van der Waals surface area (Å²) in [5.41, 5.74) is -9.86. The molecule has 6 nitrogen and oxygen atoms in total. The van der Waals surface area contributed by atoms with Crippen molar-refractivity contribution in [3.05, 3.63) is 23.8 Å². The Morgan fingerprint density at radius 3 is 2.26 bits per heavy atom. The molecule has 3 fully saturated rings. The van der Waals surface area contributed by atoms with E-state index in [0.717, 1.165) is 12.2 Å². The Bertz CT molecular complexity index is 879. The summed E-state index contributed by atoms with van der Waals surface area (Å²) >= 11 is 0. The number of hydrogen-bond donors (Lipinski definition) is 4. The molecule has 4 N–H and O–H groups in total. The van der Waals surface area contributed by atoms with Gasteiger partial charge >= 0.3 is 5.97 Å². The summed E-state index contributed by atoms with van der Waals surface area (Å²) in [6, 6.07) is 0. The minimum Gasteiger partial charge on any atom is -0.479 e. The number of alkyl halides is 2. The molecule has 0 aromatic rings. The molecule has 4 aliphatic carbocycles. The molecule has 3 saturated carbocycles. The Balaban J connectivity index is 0.00000118. The molecule has 176 valence electrons. The summed E-state index contributed by atoms with van der Waals surface area (Å²) in [5, 5.41) is 42.2. The van der Waals surface area contributed by atoms with Crippen LogP contribution < -0.4 is 0 Å². The molecule has 0 heterocycles. The van der Waals surface area contributed by atoms with Crippen molar-refractivity contribution in [1.82, 2.24) is 0 Å². The van der Waals surface area contributed by atoms with Crippen molar-refractivity contribution in [2.45, 2.75) is 83.5 Å². The SMILES string of the molecule is CC.C[C@]12C=CC(=O)C=C1[C@@H](F)C[C@@]1(C)[C@@H]3C[C@@H](O)[C@](O)(C(=O)O)[C@@]3(C)C[C@H](O)[C@]21F.[HH]. The van der Waals surface area contributed by atoms with E-state index < -0.39 is 76.4 Å². The number of fused-ring (bicyclic) bond motifs is 5. The minimum absolute atomic E-state index is 0. The maximum Gasteiger partial charge on any atom is 0.339 e. The van der Waals surface area contributed by atoms with Gasteiger partial charge in [-0.1, -0.05) is 33.8 Å². The number of aliphatic hydroxyl groups excluding tert-OH is 2. The van der Waals surface area contributed by atoms with Crippen LogP contribution in [0.5, 0.6) is 0 Å². The molecule has 0 bridgehead atoms. The number of carbonyl (C=O) groups is 2. The van der Waals surface area contributed by atoms with Crippen LogP contribution in [0.1, 0.15) is 55.3 Å². The summed E-state index contributed by atoms with van der Waals surface area (Å²) in [6.45, 7) is 8.31. The van der Waals surface area contributed by atoms with E-state index in [1.54, 1.807) is 0 Å². The summed E-state index contributed by atoms with van der Waals surface area (Å²) in [6.07, 6.45) is -2.67. The van der Waals surface area contributed by atoms with Gasteiger partial charge < -0.3 is 20.4 Å². The lowest BCUT2D eigenvalue weighted by molar-refractivity contribution is -0.264. The monoisotopic (exact) mass is 444 g/mol. The summed E-state index contributed by atoms with van der Waals surface area (Å²) in [7, 11) is 0. The lowest BCUT2D eigenvalue weighted by Gasteiger charge is -2.67. The average molecular weight is 445 g/mol. The molecule has 0 aromatic carbocycles. The smallest absolute Gasteiger partial charge is 0.339 e. The van der Waals surface area contributed by atoms with Crippen molar-refractivity contribution < 1.29 is 40.2 Å². The van der Waals surface area contributed by atoms with E-state index in [2.05, 4.69) is 0 Å². The van der Waals surface area contributed by atoms with Crippen molar-refractivity contribution in [1.29, 1.82) is 0 Å². The third kappa shape index (κ3) is 2.47. The molecule has 0 saturated heterocycles. The minimum atomic E-state index is -2.59. The zero-order valence-corrected chi connectivity index (χ0v) is 18.5. The fourth-order valence-electron chi connectivity index (χ4n) is 7.28.